The van der Waals surface area contributed by atoms with E-state index in [1.807, 2.05) is 27.7 Å². The van der Waals surface area contributed by atoms with E-state index in [1.54, 1.807) is 13.8 Å². The number of amides is 1. The quantitative estimate of drug-likeness (QED) is 0.738. The highest BCUT2D eigenvalue weighted by atomic mass is 16.5. The Hall–Kier alpha value is -2.84. The molecule has 2 heterocycles. The molecule has 2 aromatic heterocycles. The zero-order valence-electron chi connectivity index (χ0n) is 17.3. The number of nitrogens with zero attached hydrogens (tertiary/aromatic N) is 3. The summed E-state index contributed by atoms with van der Waals surface area (Å²) in [5.74, 6) is 0.459. The summed E-state index contributed by atoms with van der Waals surface area (Å²) >= 11 is 0. The zero-order valence-corrected chi connectivity index (χ0v) is 17.3. The van der Waals surface area contributed by atoms with E-state index < -0.39 is 11.2 Å². The van der Waals surface area contributed by atoms with Crippen LogP contribution in [-0.4, -0.2) is 27.2 Å². The monoisotopic (exact) mass is 391 g/mol. The van der Waals surface area contributed by atoms with E-state index in [0.717, 1.165) is 0 Å². The van der Waals surface area contributed by atoms with Gasteiger partial charge in [-0.15, -0.1) is 0 Å². The average Bonchev–Trinajstić information content (AvgIpc) is 2.89. The van der Waals surface area contributed by atoms with E-state index in [2.05, 4.69) is 10.1 Å². The van der Waals surface area contributed by atoms with E-state index in [1.165, 1.54) is 9.47 Å². The number of anilines is 2. The summed E-state index contributed by atoms with van der Waals surface area (Å²) in [5.41, 5.74) is 6.26. The van der Waals surface area contributed by atoms with Crippen molar-refractivity contribution in [3.63, 3.8) is 0 Å². The van der Waals surface area contributed by atoms with Crippen LogP contribution in [0.5, 0.6) is 0 Å². The molecule has 0 radical (unpaired) electrons. The molecule has 1 amide bonds. The fraction of sp³-hybridized carbons (Fsp3) is 0.579. The standard InChI is InChI=1S/C19H29N5O4/c1-10(2)8-23(15(25)7-14-12(5)22-28-13(14)6)16-17(20)24(9-11(3)4)19(27)21-18(16)26/h10-11H,7-9,20H2,1-6H3,(H,21,26,27). The number of aromatic nitrogens is 3. The van der Waals surface area contributed by atoms with Crippen LogP contribution in [0.2, 0.25) is 0 Å². The van der Waals surface area contributed by atoms with Crippen LogP contribution < -0.4 is 21.9 Å². The van der Waals surface area contributed by atoms with E-state index in [9.17, 15) is 14.4 Å². The summed E-state index contributed by atoms with van der Waals surface area (Å²) < 4.78 is 6.43. The first-order chi connectivity index (χ1) is 13.0. The van der Waals surface area contributed by atoms with Gasteiger partial charge < -0.3 is 15.2 Å². The number of carbonyl (C=O) groups excluding carboxylic acids is 1. The fourth-order valence-corrected chi connectivity index (χ4v) is 3.07. The van der Waals surface area contributed by atoms with Gasteiger partial charge in [0.2, 0.25) is 5.91 Å². The zero-order chi connectivity index (χ0) is 21.2. The highest BCUT2D eigenvalue weighted by Gasteiger charge is 2.26. The highest BCUT2D eigenvalue weighted by molar-refractivity contribution is 5.97. The average molecular weight is 391 g/mol. The Morgan fingerprint density at radius 2 is 1.86 bits per heavy atom. The first kappa shape index (κ1) is 21.5. The third-order valence-electron chi connectivity index (χ3n) is 4.39. The van der Waals surface area contributed by atoms with E-state index in [-0.39, 0.29) is 42.2 Å². The van der Waals surface area contributed by atoms with Gasteiger partial charge in [0.05, 0.1) is 12.1 Å². The minimum Gasteiger partial charge on any atom is -0.383 e. The Morgan fingerprint density at radius 1 is 1.21 bits per heavy atom. The molecule has 9 nitrogen and oxygen atoms in total. The summed E-state index contributed by atoms with van der Waals surface area (Å²) in [7, 11) is 0. The van der Waals surface area contributed by atoms with Gasteiger partial charge in [-0.05, 0) is 25.7 Å². The van der Waals surface area contributed by atoms with Crippen LogP contribution in [0.15, 0.2) is 14.1 Å². The van der Waals surface area contributed by atoms with Crippen molar-refractivity contribution >= 4 is 17.4 Å². The second-order valence-electron chi connectivity index (χ2n) is 7.88. The molecular formula is C19H29N5O4. The lowest BCUT2D eigenvalue weighted by Gasteiger charge is -2.26. The number of nitrogens with two attached hydrogens (primary N) is 1. The molecule has 0 atom stereocenters. The van der Waals surface area contributed by atoms with Gasteiger partial charge in [-0.3, -0.25) is 19.1 Å². The number of nitrogen functional groups attached to an aromatic ring is 1. The number of hydrogen-bond acceptors (Lipinski definition) is 6. The van der Waals surface area contributed by atoms with E-state index >= 15 is 0 Å². The lowest BCUT2D eigenvalue weighted by Crippen LogP contribution is -2.43. The van der Waals surface area contributed by atoms with Gasteiger partial charge >= 0.3 is 5.69 Å². The van der Waals surface area contributed by atoms with Gasteiger partial charge in [0.25, 0.3) is 5.56 Å². The summed E-state index contributed by atoms with van der Waals surface area (Å²) in [6.45, 7) is 11.9. The number of aryl methyl sites for hydroxylation is 2. The van der Waals surface area contributed by atoms with Crippen LogP contribution in [0.25, 0.3) is 0 Å². The predicted octanol–water partition coefficient (Wildman–Crippen LogP) is 1.61. The van der Waals surface area contributed by atoms with Crippen LogP contribution in [0, 0.1) is 25.7 Å². The second kappa shape index (κ2) is 8.45. The van der Waals surface area contributed by atoms with Crippen molar-refractivity contribution in [1.29, 1.82) is 0 Å². The molecule has 0 fully saturated rings. The molecule has 0 saturated carbocycles. The minimum absolute atomic E-state index is 0.00443. The number of aromatic amines is 1. The fourth-order valence-electron chi connectivity index (χ4n) is 3.07. The van der Waals surface area contributed by atoms with E-state index in [4.69, 9.17) is 10.3 Å². The van der Waals surface area contributed by atoms with Crippen molar-refractivity contribution in [2.75, 3.05) is 17.2 Å². The Bertz CT molecular complexity index is 948. The molecule has 2 aromatic rings. The van der Waals surface area contributed by atoms with Crippen LogP contribution in [0.1, 0.15) is 44.7 Å². The van der Waals surface area contributed by atoms with Crippen molar-refractivity contribution < 1.29 is 9.32 Å². The van der Waals surface area contributed by atoms with Crippen molar-refractivity contribution in [3.05, 3.63) is 37.9 Å². The maximum Gasteiger partial charge on any atom is 0.330 e. The van der Waals surface area contributed by atoms with Gasteiger partial charge in [-0.2, -0.15) is 0 Å². The number of nitrogens with one attached hydrogen (secondary N) is 1. The molecule has 0 bridgehead atoms. The van der Waals surface area contributed by atoms with E-state index in [0.29, 0.717) is 23.6 Å². The van der Waals surface area contributed by atoms with Crippen LogP contribution >= 0.6 is 0 Å². The topological polar surface area (TPSA) is 127 Å². The van der Waals surface area contributed by atoms with Gasteiger partial charge in [-0.25, -0.2) is 4.79 Å². The van der Waals surface area contributed by atoms with Crippen molar-refractivity contribution in [2.24, 2.45) is 11.8 Å². The summed E-state index contributed by atoms with van der Waals surface area (Å²) in [6, 6.07) is 0. The molecular weight excluding hydrogens is 362 g/mol. The molecule has 154 valence electrons. The SMILES string of the molecule is Cc1noc(C)c1CC(=O)N(CC(C)C)c1c(N)n(CC(C)C)c(=O)[nH]c1=O. The summed E-state index contributed by atoms with van der Waals surface area (Å²) in [4.78, 5) is 41.6. The van der Waals surface area contributed by atoms with Gasteiger partial charge in [0, 0.05) is 18.7 Å². The summed E-state index contributed by atoms with van der Waals surface area (Å²) in [5, 5.41) is 3.87. The number of hydrogen-bond donors (Lipinski definition) is 2. The Balaban J connectivity index is 2.55. The lowest BCUT2D eigenvalue weighted by molar-refractivity contribution is -0.118. The molecule has 9 heteroatoms. The highest BCUT2D eigenvalue weighted by Crippen LogP contribution is 2.22. The third-order valence-corrected chi connectivity index (χ3v) is 4.39. The van der Waals surface area contributed by atoms with Gasteiger partial charge in [0.15, 0.2) is 5.69 Å². The molecule has 0 aromatic carbocycles. The van der Waals surface area contributed by atoms with Gasteiger partial charge in [0.1, 0.15) is 11.6 Å². The minimum atomic E-state index is -0.671. The molecule has 0 aliphatic rings. The molecule has 2 rings (SSSR count). The van der Waals surface area contributed by atoms with Gasteiger partial charge in [-0.1, -0.05) is 32.9 Å². The molecule has 0 unspecified atom stereocenters. The van der Waals surface area contributed by atoms with Crippen molar-refractivity contribution in [1.82, 2.24) is 14.7 Å². The van der Waals surface area contributed by atoms with Crippen molar-refractivity contribution in [3.8, 4) is 0 Å². The Labute approximate surface area is 163 Å². The van der Waals surface area contributed by atoms with Crippen LogP contribution in [0.4, 0.5) is 11.5 Å². The second-order valence-corrected chi connectivity index (χ2v) is 7.88. The van der Waals surface area contributed by atoms with Crippen LogP contribution in [0.3, 0.4) is 0 Å². The van der Waals surface area contributed by atoms with Crippen molar-refractivity contribution in [2.45, 2.75) is 54.5 Å². The maximum absolute atomic E-state index is 13.1. The number of rotatable bonds is 7. The Morgan fingerprint density at radius 3 is 2.36 bits per heavy atom. The van der Waals surface area contributed by atoms with Crippen LogP contribution in [-0.2, 0) is 17.8 Å². The first-order valence-corrected chi connectivity index (χ1v) is 9.37. The number of H-pyrrole nitrogens is 1. The predicted molar refractivity (Wildman–Crippen MR) is 107 cm³/mol. The summed E-state index contributed by atoms with van der Waals surface area (Å²) in [6.07, 6.45) is 0.0239. The molecule has 0 aliphatic carbocycles. The molecule has 28 heavy (non-hydrogen) atoms. The smallest absolute Gasteiger partial charge is 0.330 e. The molecule has 0 spiro atoms. The maximum atomic E-state index is 13.1. The molecule has 3 N–H and O–H groups in total. The first-order valence-electron chi connectivity index (χ1n) is 9.37. The lowest BCUT2D eigenvalue weighted by atomic mass is 10.1. The largest absolute Gasteiger partial charge is 0.383 e. The normalized spacial score (nSPS) is 11.4. The molecule has 0 aliphatic heterocycles. The Kier molecular flexibility index (Phi) is 6.48. The number of carbonyl (C=O) groups is 1. The third kappa shape index (κ3) is 4.52. The molecule has 0 saturated heterocycles.